The summed E-state index contributed by atoms with van der Waals surface area (Å²) in [4.78, 5) is 141. The second kappa shape index (κ2) is 32.7. The molecular weight excluding hydrogens is 919 g/mol. The minimum Gasteiger partial charge on any atom is -0.481 e. The number of hydrogen-bond donors (Lipinski definition) is 17. The molecule has 0 aliphatic heterocycles. The monoisotopic (exact) mass is 987 g/mol. The fraction of sp³-hybridized carbons (Fsp3) is 0.667. The van der Waals surface area contributed by atoms with Gasteiger partial charge in [0.2, 0.25) is 53.2 Å². The van der Waals surface area contributed by atoms with Crippen LogP contribution in [-0.4, -0.2) is 155 Å². The molecule has 0 bridgehead atoms. The molecule has 21 N–H and O–H groups in total. The standard InChI is InChI=1S/C39H69N15O13S/c1-19(2)30(31(41)61)54-37(67)22(8-6-17-47-39(44)45)50-32(62)21(7-5-16-46-38(42)43)49-34(64)24(9-12-27(40)56)51-36(66)26(15-18-68-4)53-35(65)25(11-14-29(59)60)52-33(63)23(48-20(3)55)10-13-28(57)58/h19,21-26,30H,5-18H2,1-4H3,(H2,40,56)(H2,41,61)(H,48,55)(H,49,64)(H,50,62)(H,51,66)(H,52,63)(H,53,65)(H,54,67)(H,57,58)(H,59,60)(H4,42,43,46)(H4,44,45,47)/t21-,22-,23-,24-,25-,26-,30-/m0/s1. The molecule has 0 aliphatic carbocycles. The van der Waals surface area contributed by atoms with Crippen molar-refractivity contribution in [2.75, 3.05) is 25.1 Å². The largest absolute Gasteiger partial charge is 0.481 e. The van der Waals surface area contributed by atoms with Crippen molar-refractivity contribution in [1.82, 2.24) is 47.9 Å². The van der Waals surface area contributed by atoms with E-state index in [9.17, 15) is 57.8 Å². The van der Waals surface area contributed by atoms with Gasteiger partial charge in [-0.1, -0.05) is 13.8 Å². The first-order valence-corrected chi connectivity index (χ1v) is 22.9. The molecule has 7 atom stereocenters. The molecule has 0 unspecified atom stereocenters. The molecule has 0 aromatic carbocycles. The van der Waals surface area contributed by atoms with Gasteiger partial charge in [0, 0.05) is 39.3 Å². The number of carboxylic acids is 2. The van der Waals surface area contributed by atoms with Gasteiger partial charge < -0.3 is 81.0 Å². The van der Waals surface area contributed by atoms with Gasteiger partial charge in [-0.15, -0.1) is 0 Å². The Morgan fingerprint density at radius 3 is 1.12 bits per heavy atom. The van der Waals surface area contributed by atoms with Crippen molar-refractivity contribution in [2.45, 2.75) is 134 Å². The first-order chi connectivity index (χ1) is 31.8. The number of nitrogens with two attached hydrogens (primary N) is 4. The molecule has 0 saturated heterocycles. The molecule has 384 valence electrons. The number of carboxylic acid groups (broad SMARTS) is 2. The summed E-state index contributed by atoms with van der Waals surface area (Å²) in [7, 11) is 0. The summed E-state index contributed by atoms with van der Waals surface area (Å²) in [5.74, 6) is -11.8. The number of carbonyl (C=O) groups excluding carboxylic acids is 9. The quantitative estimate of drug-likeness (QED) is 0.0160. The Balaban J connectivity index is 6.81. The van der Waals surface area contributed by atoms with Crippen molar-refractivity contribution >= 4 is 88.8 Å². The zero-order valence-corrected chi connectivity index (χ0v) is 39.4. The number of rotatable bonds is 35. The van der Waals surface area contributed by atoms with Crippen LogP contribution in [0.5, 0.6) is 0 Å². The number of primary amides is 2. The minimum atomic E-state index is -1.63. The van der Waals surface area contributed by atoms with Crippen LogP contribution in [-0.2, 0) is 52.7 Å². The molecule has 0 aliphatic rings. The van der Waals surface area contributed by atoms with Gasteiger partial charge in [-0.2, -0.15) is 11.8 Å². The second-order valence-electron chi connectivity index (χ2n) is 15.8. The lowest BCUT2D eigenvalue weighted by Gasteiger charge is -2.28. The number of aliphatic carboxylic acids is 2. The Kier molecular flexibility index (Phi) is 29.3. The van der Waals surface area contributed by atoms with Crippen LogP contribution in [0.25, 0.3) is 0 Å². The van der Waals surface area contributed by atoms with Crippen LogP contribution in [0, 0.1) is 16.7 Å². The fourth-order valence-electron chi connectivity index (χ4n) is 6.16. The molecule has 0 aromatic heterocycles. The maximum Gasteiger partial charge on any atom is 0.303 e. The van der Waals surface area contributed by atoms with Gasteiger partial charge in [-0.3, -0.25) is 63.6 Å². The van der Waals surface area contributed by atoms with Crippen molar-refractivity contribution in [3.05, 3.63) is 0 Å². The third-order valence-corrected chi connectivity index (χ3v) is 10.3. The normalized spacial score (nSPS) is 13.8. The summed E-state index contributed by atoms with van der Waals surface area (Å²) < 4.78 is 0. The third-order valence-electron chi connectivity index (χ3n) is 9.68. The van der Waals surface area contributed by atoms with Crippen LogP contribution in [0.4, 0.5) is 0 Å². The molecule has 0 fully saturated rings. The number of amides is 9. The maximum atomic E-state index is 14.1. The van der Waals surface area contributed by atoms with Gasteiger partial charge in [0.25, 0.3) is 0 Å². The highest BCUT2D eigenvalue weighted by Crippen LogP contribution is 2.10. The van der Waals surface area contributed by atoms with Gasteiger partial charge in [-0.05, 0) is 69.3 Å². The highest BCUT2D eigenvalue weighted by molar-refractivity contribution is 7.98. The summed E-state index contributed by atoms with van der Waals surface area (Å²) in [6.45, 7) is 4.49. The molecule has 0 rings (SSSR count). The van der Waals surface area contributed by atoms with Gasteiger partial charge in [0.15, 0.2) is 11.9 Å². The predicted molar refractivity (Wildman–Crippen MR) is 247 cm³/mol. The van der Waals surface area contributed by atoms with Crippen LogP contribution >= 0.6 is 11.8 Å². The van der Waals surface area contributed by atoms with Crippen molar-refractivity contribution in [2.24, 2.45) is 28.9 Å². The van der Waals surface area contributed by atoms with Crippen LogP contribution < -0.4 is 70.8 Å². The lowest BCUT2D eigenvalue weighted by atomic mass is 10.0. The molecule has 0 spiro atoms. The summed E-state index contributed by atoms with van der Waals surface area (Å²) in [5, 5.41) is 55.5. The molecule has 29 heteroatoms. The average Bonchev–Trinajstić information content (AvgIpc) is 3.23. The van der Waals surface area contributed by atoms with E-state index < -0.39 is 151 Å². The summed E-state index contributed by atoms with van der Waals surface area (Å²) >= 11 is 1.26. The van der Waals surface area contributed by atoms with E-state index in [0.29, 0.717) is 0 Å². The van der Waals surface area contributed by atoms with E-state index >= 15 is 0 Å². The summed E-state index contributed by atoms with van der Waals surface area (Å²) in [5.41, 5.74) is 21.6. The van der Waals surface area contributed by atoms with Crippen LogP contribution in [0.2, 0.25) is 0 Å². The molecule has 9 amide bonds. The van der Waals surface area contributed by atoms with Crippen LogP contribution in [0.3, 0.4) is 0 Å². The van der Waals surface area contributed by atoms with Gasteiger partial charge in [0.05, 0.1) is 0 Å². The van der Waals surface area contributed by atoms with Gasteiger partial charge >= 0.3 is 11.9 Å². The first kappa shape index (κ1) is 61.1. The molecule has 0 saturated carbocycles. The van der Waals surface area contributed by atoms with E-state index in [0.717, 1.165) is 6.92 Å². The molecule has 0 radical (unpaired) electrons. The van der Waals surface area contributed by atoms with E-state index in [4.69, 9.17) is 38.9 Å². The van der Waals surface area contributed by atoms with E-state index in [1.165, 1.54) is 11.8 Å². The van der Waals surface area contributed by atoms with Crippen molar-refractivity contribution in [1.29, 1.82) is 10.8 Å². The number of hydrogen-bond acceptors (Lipinski definition) is 14. The highest BCUT2D eigenvalue weighted by Gasteiger charge is 2.34. The third kappa shape index (κ3) is 26.9. The van der Waals surface area contributed by atoms with E-state index in [2.05, 4.69) is 47.9 Å². The summed E-state index contributed by atoms with van der Waals surface area (Å²) in [6, 6.07) is -10.1. The molecule has 28 nitrogen and oxygen atoms in total. The van der Waals surface area contributed by atoms with Crippen molar-refractivity contribution < 1.29 is 63.0 Å². The first-order valence-electron chi connectivity index (χ1n) is 21.5. The Bertz CT molecular complexity index is 1810. The van der Waals surface area contributed by atoms with Crippen LogP contribution in [0.1, 0.15) is 91.4 Å². The zero-order valence-electron chi connectivity index (χ0n) is 38.6. The Morgan fingerprint density at radius 1 is 0.500 bits per heavy atom. The van der Waals surface area contributed by atoms with Crippen molar-refractivity contribution in [3.63, 3.8) is 0 Å². The van der Waals surface area contributed by atoms with E-state index in [1.54, 1.807) is 20.1 Å². The number of carbonyl (C=O) groups is 11. The maximum absolute atomic E-state index is 14.1. The lowest BCUT2D eigenvalue weighted by molar-refractivity contribution is -0.140. The SMILES string of the molecule is CSCC[C@H](NC(=O)[C@H](CCC(=O)O)NC(=O)[C@H](CCC(=O)O)NC(C)=O)C(=O)N[C@@H](CCC(N)=O)C(=O)N[C@@H](CCCNC(=N)N)C(=O)N[C@@H](CCCNC(=N)N)C(=O)N[C@H](C(N)=O)C(C)C. The topological polar surface area (TPSA) is 488 Å². The molecule has 0 aromatic rings. The number of thioether (sulfide) groups is 1. The second-order valence-corrected chi connectivity index (χ2v) is 16.8. The Morgan fingerprint density at radius 2 is 0.824 bits per heavy atom. The average molecular weight is 988 g/mol. The van der Waals surface area contributed by atoms with E-state index in [1.807, 2.05) is 0 Å². The Hall–Kier alpha value is -6.94. The zero-order chi connectivity index (χ0) is 52.1. The van der Waals surface area contributed by atoms with Crippen LogP contribution in [0.15, 0.2) is 0 Å². The predicted octanol–water partition coefficient (Wildman–Crippen LogP) is -5.18. The number of nitrogens with one attached hydrogen (secondary N) is 11. The smallest absolute Gasteiger partial charge is 0.303 e. The fourth-order valence-corrected chi connectivity index (χ4v) is 6.63. The van der Waals surface area contributed by atoms with Gasteiger partial charge in [-0.25, -0.2) is 0 Å². The number of guanidine groups is 2. The lowest BCUT2D eigenvalue weighted by Crippen LogP contribution is -2.60. The van der Waals surface area contributed by atoms with Crippen molar-refractivity contribution in [3.8, 4) is 0 Å². The molecule has 0 heterocycles. The minimum absolute atomic E-state index is 0.0487. The van der Waals surface area contributed by atoms with Gasteiger partial charge in [0.1, 0.15) is 42.3 Å². The Labute approximate surface area is 397 Å². The molecular formula is C39H69N15O13S. The van der Waals surface area contributed by atoms with E-state index in [-0.39, 0.29) is 63.3 Å². The summed E-state index contributed by atoms with van der Waals surface area (Å²) in [6.07, 6.45) is -1.33. The highest BCUT2D eigenvalue weighted by atomic mass is 32.2. The molecule has 68 heavy (non-hydrogen) atoms.